The molecule has 1 heterocycles. The van der Waals surface area contributed by atoms with Crippen molar-refractivity contribution in [2.75, 3.05) is 5.32 Å². The zero-order valence-electron chi connectivity index (χ0n) is 11.1. The summed E-state index contributed by atoms with van der Waals surface area (Å²) in [6, 6.07) is 2.19. The summed E-state index contributed by atoms with van der Waals surface area (Å²) in [7, 11) is 1.51. The molecule has 110 valence electrons. The number of rotatable bonds is 3. The first-order chi connectivity index (χ1) is 9.97. The average Bonchev–Trinajstić information content (AvgIpc) is 2.45. The molecule has 0 fully saturated rings. The van der Waals surface area contributed by atoms with Crippen LogP contribution in [0.25, 0.3) is 0 Å². The first-order valence-electron chi connectivity index (χ1n) is 5.98. The molecule has 0 aliphatic heterocycles. The van der Waals surface area contributed by atoms with Crippen molar-refractivity contribution in [3.8, 4) is 0 Å². The third kappa shape index (κ3) is 3.62. The molecule has 0 unspecified atom stereocenters. The van der Waals surface area contributed by atoms with E-state index in [1.807, 2.05) is 0 Å². The minimum atomic E-state index is -0.741. The fourth-order valence-electron chi connectivity index (χ4n) is 1.59. The van der Waals surface area contributed by atoms with Gasteiger partial charge in [0, 0.05) is 31.5 Å². The van der Waals surface area contributed by atoms with Crippen LogP contribution in [0.1, 0.15) is 5.56 Å². The largest absolute Gasteiger partial charge is 0.334 e. The zero-order chi connectivity index (χ0) is 15.4. The molecule has 0 aliphatic rings. The molecule has 6 nitrogen and oxygen atoms in total. The molecule has 0 radical (unpaired) electrons. The van der Waals surface area contributed by atoms with Crippen LogP contribution in [0.2, 0.25) is 0 Å². The molecule has 2 rings (SSSR count). The number of hydrogen-bond donors (Lipinski definition) is 2. The van der Waals surface area contributed by atoms with E-state index in [4.69, 9.17) is 0 Å². The van der Waals surface area contributed by atoms with E-state index >= 15 is 0 Å². The Balaban J connectivity index is 2.01. The van der Waals surface area contributed by atoms with Crippen molar-refractivity contribution in [1.29, 1.82) is 0 Å². The first-order valence-corrected chi connectivity index (χ1v) is 5.98. The van der Waals surface area contributed by atoms with Gasteiger partial charge < -0.3 is 9.88 Å². The van der Waals surface area contributed by atoms with Crippen molar-refractivity contribution in [1.82, 2.24) is 14.9 Å². The Bertz CT molecular complexity index is 730. The van der Waals surface area contributed by atoms with E-state index in [0.29, 0.717) is 0 Å². The fraction of sp³-hybridized carbons (Fsp3) is 0.154. The number of halogens is 2. The third-order valence-electron chi connectivity index (χ3n) is 2.70. The van der Waals surface area contributed by atoms with Crippen LogP contribution in [0.15, 0.2) is 35.4 Å². The van der Waals surface area contributed by atoms with Crippen molar-refractivity contribution in [3.05, 3.63) is 58.1 Å². The second kappa shape index (κ2) is 6.12. The smallest absolute Gasteiger partial charge is 0.320 e. The summed E-state index contributed by atoms with van der Waals surface area (Å²) in [5, 5.41) is 4.56. The summed E-state index contributed by atoms with van der Waals surface area (Å²) in [6.07, 6.45) is 2.79. The molecule has 8 heteroatoms. The molecule has 2 aromatic rings. The van der Waals surface area contributed by atoms with Gasteiger partial charge in [-0.15, -0.1) is 0 Å². The second-order valence-electron chi connectivity index (χ2n) is 4.24. The minimum Gasteiger partial charge on any atom is -0.334 e. The molecule has 0 atom stereocenters. The zero-order valence-corrected chi connectivity index (χ0v) is 11.1. The summed E-state index contributed by atoms with van der Waals surface area (Å²) in [4.78, 5) is 27.0. The number of amides is 2. The Kier molecular flexibility index (Phi) is 4.27. The van der Waals surface area contributed by atoms with Crippen LogP contribution in [-0.2, 0) is 13.6 Å². The van der Waals surface area contributed by atoms with Gasteiger partial charge in [-0.25, -0.2) is 18.6 Å². The van der Waals surface area contributed by atoms with Gasteiger partial charge in [0.1, 0.15) is 11.6 Å². The summed E-state index contributed by atoms with van der Waals surface area (Å²) < 4.78 is 27.6. The number of urea groups is 1. The Morgan fingerprint density at radius 1 is 1.38 bits per heavy atom. The molecular formula is C13H12F2N4O2. The molecular weight excluding hydrogens is 282 g/mol. The molecule has 0 aliphatic carbocycles. The Hall–Kier alpha value is -2.77. The van der Waals surface area contributed by atoms with Gasteiger partial charge in [0.25, 0.3) is 5.56 Å². The highest BCUT2D eigenvalue weighted by Crippen LogP contribution is 2.09. The number of benzene rings is 1. The van der Waals surface area contributed by atoms with Gasteiger partial charge in [-0.2, -0.15) is 0 Å². The van der Waals surface area contributed by atoms with Gasteiger partial charge in [0.05, 0.1) is 0 Å². The number of hydrogen-bond acceptors (Lipinski definition) is 3. The summed E-state index contributed by atoms with van der Waals surface area (Å²) in [5.41, 5.74) is -0.483. The van der Waals surface area contributed by atoms with Crippen molar-refractivity contribution in [2.45, 2.75) is 6.54 Å². The highest BCUT2D eigenvalue weighted by atomic mass is 19.1. The van der Waals surface area contributed by atoms with Crippen molar-refractivity contribution in [3.63, 3.8) is 0 Å². The monoisotopic (exact) mass is 294 g/mol. The Labute approximate surface area is 118 Å². The Morgan fingerprint density at radius 3 is 2.90 bits per heavy atom. The van der Waals surface area contributed by atoms with Gasteiger partial charge in [-0.3, -0.25) is 10.1 Å². The van der Waals surface area contributed by atoms with Crippen LogP contribution < -0.4 is 16.2 Å². The van der Waals surface area contributed by atoms with Gasteiger partial charge in [-0.05, 0) is 18.2 Å². The van der Waals surface area contributed by atoms with Crippen molar-refractivity contribution < 1.29 is 13.6 Å². The third-order valence-corrected chi connectivity index (χ3v) is 2.70. The lowest BCUT2D eigenvalue weighted by atomic mass is 10.2. The van der Waals surface area contributed by atoms with Gasteiger partial charge in [0.15, 0.2) is 0 Å². The van der Waals surface area contributed by atoms with Crippen LogP contribution in [0, 0.1) is 11.6 Å². The van der Waals surface area contributed by atoms with E-state index < -0.39 is 23.2 Å². The average molecular weight is 294 g/mol. The van der Waals surface area contributed by atoms with Crippen LogP contribution >= 0.6 is 0 Å². The van der Waals surface area contributed by atoms with E-state index in [9.17, 15) is 18.4 Å². The topological polar surface area (TPSA) is 76.0 Å². The molecule has 21 heavy (non-hydrogen) atoms. The first kappa shape index (κ1) is 14.6. The molecule has 2 amide bonds. The van der Waals surface area contributed by atoms with Gasteiger partial charge >= 0.3 is 6.03 Å². The lowest BCUT2D eigenvalue weighted by Gasteiger charge is -2.08. The van der Waals surface area contributed by atoms with E-state index in [2.05, 4.69) is 15.6 Å². The van der Waals surface area contributed by atoms with Gasteiger partial charge in [0.2, 0.25) is 5.82 Å². The molecule has 1 aromatic carbocycles. The number of carbonyl (C=O) groups excluding carboxylic acids is 1. The van der Waals surface area contributed by atoms with Crippen LogP contribution in [-0.4, -0.2) is 15.6 Å². The highest BCUT2D eigenvalue weighted by molar-refractivity contribution is 5.87. The summed E-state index contributed by atoms with van der Waals surface area (Å²) in [5.74, 6) is -1.39. The number of nitrogens with one attached hydrogen (secondary N) is 2. The standard InChI is InChI=1S/C13H12F2N4O2/c1-19-5-4-16-11(12(19)20)18-13(21)17-7-8-6-9(14)2-3-10(8)15/h2-6H,7H2,1H3,(H2,16,17,18,21). The fourth-order valence-corrected chi connectivity index (χ4v) is 1.59. The summed E-state index contributed by atoms with van der Waals surface area (Å²) in [6.45, 7) is -0.220. The van der Waals surface area contributed by atoms with Gasteiger partial charge in [-0.1, -0.05) is 0 Å². The predicted molar refractivity (Wildman–Crippen MR) is 71.7 cm³/mol. The van der Waals surface area contributed by atoms with E-state index in [0.717, 1.165) is 18.2 Å². The lowest BCUT2D eigenvalue weighted by Crippen LogP contribution is -2.32. The molecule has 2 N–H and O–H groups in total. The number of aromatic nitrogens is 2. The van der Waals surface area contributed by atoms with E-state index in [1.54, 1.807) is 0 Å². The Morgan fingerprint density at radius 2 is 2.14 bits per heavy atom. The number of aryl methyl sites for hydroxylation is 1. The number of carbonyl (C=O) groups is 1. The molecule has 0 saturated carbocycles. The highest BCUT2D eigenvalue weighted by Gasteiger charge is 2.09. The van der Waals surface area contributed by atoms with Crippen molar-refractivity contribution in [2.24, 2.45) is 7.05 Å². The number of anilines is 1. The lowest BCUT2D eigenvalue weighted by molar-refractivity contribution is 0.251. The van der Waals surface area contributed by atoms with Crippen LogP contribution in [0.3, 0.4) is 0 Å². The van der Waals surface area contributed by atoms with Crippen LogP contribution in [0.4, 0.5) is 19.4 Å². The second-order valence-corrected chi connectivity index (χ2v) is 4.24. The maximum absolute atomic E-state index is 13.4. The van der Waals surface area contributed by atoms with E-state index in [1.165, 1.54) is 24.0 Å². The molecule has 0 saturated heterocycles. The van der Waals surface area contributed by atoms with E-state index in [-0.39, 0.29) is 17.9 Å². The maximum Gasteiger partial charge on any atom is 0.320 e. The van der Waals surface area contributed by atoms with Crippen LogP contribution in [0.5, 0.6) is 0 Å². The predicted octanol–water partition coefficient (Wildman–Crippen LogP) is 1.38. The van der Waals surface area contributed by atoms with Crippen molar-refractivity contribution >= 4 is 11.8 Å². The molecule has 1 aromatic heterocycles. The maximum atomic E-state index is 13.4. The molecule has 0 bridgehead atoms. The summed E-state index contributed by atoms with van der Waals surface area (Å²) >= 11 is 0. The number of nitrogens with zero attached hydrogens (tertiary/aromatic N) is 2. The normalized spacial score (nSPS) is 10.2. The molecule has 0 spiro atoms. The SMILES string of the molecule is Cn1ccnc(NC(=O)NCc2cc(F)ccc2F)c1=O. The quantitative estimate of drug-likeness (QED) is 0.898. The minimum absolute atomic E-state index is 0.000858.